The fraction of sp³-hybridized carbons (Fsp3) is 0.405. The van der Waals surface area contributed by atoms with Crippen LogP contribution in [0, 0.1) is 0 Å². The van der Waals surface area contributed by atoms with Gasteiger partial charge in [0, 0.05) is 43.2 Å². The average molecular weight is 628 g/mol. The number of anilines is 1. The minimum absolute atomic E-state index is 0.0158. The largest absolute Gasteiger partial charge is 0.467 e. The fourth-order valence-corrected chi connectivity index (χ4v) is 6.38. The first-order valence-corrected chi connectivity index (χ1v) is 16.1. The maximum Gasteiger partial charge on any atom is 0.328 e. The van der Waals surface area contributed by atoms with E-state index in [1.807, 2.05) is 78.9 Å². The predicted octanol–water partition coefficient (Wildman–Crippen LogP) is 6.06. The number of amides is 2. The van der Waals surface area contributed by atoms with Crippen LogP contribution in [-0.4, -0.2) is 60.4 Å². The molecule has 0 radical (unpaired) electrons. The molecule has 0 aromatic heterocycles. The lowest BCUT2D eigenvalue weighted by Crippen LogP contribution is -2.45. The minimum Gasteiger partial charge on any atom is -0.467 e. The number of methoxy groups -OCH3 is 1. The fourth-order valence-electron chi connectivity index (χ4n) is 6.38. The first-order valence-electron chi connectivity index (χ1n) is 16.1. The first-order chi connectivity index (χ1) is 22.4. The highest BCUT2D eigenvalue weighted by molar-refractivity contribution is 5.92. The number of rotatable bonds is 13. The lowest BCUT2D eigenvalue weighted by Gasteiger charge is -2.39. The van der Waals surface area contributed by atoms with Gasteiger partial charge in [0.05, 0.1) is 25.9 Å². The van der Waals surface area contributed by atoms with Gasteiger partial charge >= 0.3 is 12.0 Å². The Morgan fingerprint density at radius 1 is 1.00 bits per heavy atom. The van der Waals surface area contributed by atoms with Crippen molar-refractivity contribution in [3.8, 4) is 0 Å². The summed E-state index contributed by atoms with van der Waals surface area (Å²) in [7, 11) is 1.31. The Kier molecular flexibility index (Phi) is 12.0. The Hall–Kier alpha value is -4.02. The normalized spacial score (nSPS) is 20.6. The van der Waals surface area contributed by atoms with Crippen molar-refractivity contribution in [3.63, 3.8) is 0 Å². The van der Waals surface area contributed by atoms with Crippen molar-refractivity contribution in [2.45, 2.75) is 75.7 Å². The molecule has 2 fully saturated rings. The van der Waals surface area contributed by atoms with Crippen LogP contribution in [0.5, 0.6) is 0 Å². The number of nitrogens with zero attached hydrogens (tertiary/aromatic N) is 1. The molecule has 46 heavy (non-hydrogen) atoms. The van der Waals surface area contributed by atoms with E-state index in [4.69, 9.17) is 14.2 Å². The van der Waals surface area contributed by atoms with Crippen molar-refractivity contribution < 1.29 is 28.9 Å². The van der Waals surface area contributed by atoms with E-state index in [0.29, 0.717) is 24.6 Å². The molecule has 9 heteroatoms. The monoisotopic (exact) mass is 627 g/mol. The van der Waals surface area contributed by atoms with Crippen molar-refractivity contribution in [2.75, 3.05) is 25.5 Å². The van der Waals surface area contributed by atoms with E-state index >= 15 is 0 Å². The standard InChI is InChI=1S/C37H45N3O6/c1-3-20-40(31-14-7-8-15-31)24-32-23-34(28-18-16-27(25-41)17-19-28)46-36(45-32)29-12-9-13-30(22-29)38-37(43)39-33(35(42)44-2)21-26-10-5-4-6-11-26/h3-6,9-13,16-19,22,31-34,36,41H,1,7-8,14-15,20-21,23-25H2,2H3,(H2,38,39,43)/t32-,33+,34+,36+/m1/s1. The van der Waals surface area contributed by atoms with E-state index in [-0.39, 0.29) is 18.8 Å². The van der Waals surface area contributed by atoms with Gasteiger partial charge in [0.2, 0.25) is 0 Å². The minimum atomic E-state index is -0.849. The summed E-state index contributed by atoms with van der Waals surface area (Å²) in [4.78, 5) is 28.0. The van der Waals surface area contributed by atoms with E-state index in [1.54, 1.807) is 6.07 Å². The number of carbonyl (C=O) groups is 2. The van der Waals surface area contributed by atoms with Gasteiger partial charge in [0.1, 0.15) is 6.04 Å². The van der Waals surface area contributed by atoms with Gasteiger partial charge in [-0.15, -0.1) is 6.58 Å². The van der Waals surface area contributed by atoms with Crippen molar-refractivity contribution in [1.82, 2.24) is 10.2 Å². The summed E-state index contributed by atoms with van der Waals surface area (Å²) in [6.07, 6.45) is 6.83. The molecule has 0 spiro atoms. The molecular formula is C37H45N3O6. The number of nitrogens with one attached hydrogen (secondary N) is 2. The number of aliphatic hydroxyl groups excluding tert-OH is 1. The highest BCUT2D eigenvalue weighted by Gasteiger charge is 2.35. The van der Waals surface area contributed by atoms with Crippen LogP contribution in [0.4, 0.5) is 10.5 Å². The van der Waals surface area contributed by atoms with Crippen LogP contribution >= 0.6 is 0 Å². The molecule has 2 amide bonds. The van der Waals surface area contributed by atoms with Crippen LogP contribution in [0.2, 0.25) is 0 Å². The summed E-state index contributed by atoms with van der Waals surface area (Å²) in [6.45, 7) is 5.55. The summed E-state index contributed by atoms with van der Waals surface area (Å²) in [5.41, 5.74) is 4.08. The van der Waals surface area contributed by atoms with Gasteiger partial charge in [-0.3, -0.25) is 4.90 Å². The lowest BCUT2D eigenvalue weighted by atomic mass is 9.99. The van der Waals surface area contributed by atoms with E-state index in [1.165, 1.54) is 32.8 Å². The highest BCUT2D eigenvalue weighted by Crippen LogP contribution is 2.39. The van der Waals surface area contributed by atoms with Crippen LogP contribution in [0.1, 0.15) is 66.8 Å². The molecule has 2 aliphatic rings. The molecule has 244 valence electrons. The zero-order chi connectivity index (χ0) is 32.3. The second-order valence-electron chi connectivity index (χ2n) is 12.0. The second kappa shape index (κ2) is 16.5. The topological polar surface area (TPSA) is 109 Å². The number of aliphatic hydroxyl groups is 1. The number of benzene rings is 3. The summed E-state index contributed by atoms with van der Waals surface area (Å²) in [5.74, 6) is -0.524. The van der Waals surface area contributed by atoms with E-state index in [9.17, 15) is 14.7 Å². The SMILES string of the molecule is C=CCN(C[C@H]1C[C@@H](c2ccc(CO)cc2)O[C@@H](c2cccc(NC(=O)N[C@@H](Cc3ccccc3)C(=O)OC)c2)O1)C1CCCC1. The van der Waals surface area contributed by atoms with Crippen molar-refractivity contribution in [3.05, 3.63) is 114 Å². The smallest absolute Gasteiger partial charge is 0.328 e. The second-order valence-corrected chi connectivity index (χ2v) is 12.0. The van der Waals surface area contributed by atoms with Crippen LogP contribution in [0.25, 0.3) is 0 Å². The van der Waals surface area contributed by atoms with Crippen LogP contribution in [0.3, 0.4) is 0 Å². The molecule has 9 nitrogen and oxygen atoms in total. The molecule has 3 aromatic rings. The molecule has 1 aliphatic carbocycles. The molecule has 4 atom stereocenters. The van der Waals surface area contributed by atoms with Gasteiger partial charge in [-0.05, 0) is 41.7 Å². The zero-order valence-electron chi connectivity index (χ0n) is 26.5. The summed E-state index contributed by atoms with van der Waals surface area (Å²) >= 11 is 0. The number of urea groups is 1. The molecular weight excluding hydrogens is 582 g/mol. The number of esters is 1. The third-order valence-electron chi connectivity index (χ3n) is 8.75. The van der Waals surface area contributed by atoms with Gasteiger partial charge in [-0.2, -0.15) is 0 Å². The molecule has 1 saturated carbocycles. The maximum absolute atomic E-state index is 13.0. The Bertz CT molecular complexity index is 1430. The lowest BCUT2D eigenvalue weighted by molar-refractivity contribution is -0.253. The number of hydrogen-bond donors (Lipinski definition) is 3. The van der Waals surface area contributed by atoms with Gasteiger partial charge < -0.3 is 30.0 Å². The quantitative estimate of drug-likeness (QED) is 0.156. The Morgan fingerprint density at radius 2 is 1.76 bits per heavy atom. The van der Waals surface area contributed by atoms with Gasteiger partial charge in [-0.25, -0.2) is 9.59 Å². The van der Waals surface area contributed by atoms with Gasteiger partial charge in [-0.1, -0.05) is 85.6 Å². The average Bonchev–Trinajstić information content (AvgIpc) is 3.63. The summed E-state index contributed by atoms with van der Waals surface area (Å²) in [6, 6.07) is 23.8. The third-order valence-corrected chi connectivity index (χ3v) is 8.75. The highest BCUT2D eigenvalue weighted by atomic mass is 16.7. The molecule has 3 aromatic carbocycles. The number of carbonyl (C=O) groups excluding carboxylic acids is 2. The predicted molar refractivity (Wildman–Crippen MR) is 177 cm³/mol. The van der Waals surface area contributed by atoms with Gasteiger partial charge in [0.25, 0.3) is 0 Å². The van der Waals surface area contributed by atoms with Crippen LogP contribution in [-0.2, 0) is 32.0 Å². The Labute approximate surface area is 271 Å². The molecule has 1 saturated heterocycles. The van der Waals surface area contributed by atoms with E-state index < -0.39 is 24.3 Å². The molecule has 1 aliphatic heterocycles. The number of ether oxygens (including phenoxy) is 3. The van der Waals surface area contributed by atoms with Crippen LogP contribution < -0.4 is 10.6 Å². The molecule has 0 unspecified atom stereocenters. The van der Waals surface area contributed by atoms with Crippen molar-refractivity contribution in [1.29, 1.82) is 0 Å². The van der Waals surface area contributed by atoms with Crippen LogP contribution in [0.15, 0.2) is 91.5 Å². The van der Waals surface area contributed by atoms with Crippen molar-refractivity contribution in [2.24, 2.45) is 0 Å². The maximum atomic E-state index is 13.0. The Balaban J connectivity index is 1.31. The molecule has 0 bridgehead atoms. The first kappa shape index (κ1) is 33.3. The van der Waals surface area contributed by atoms with Gasteiger partial charge in [0.15, 0.2) is 6.29 Å². The number of hydrogen-bond acceptors (Lipinski definition) is 7. The van der Waals surface area contributed by atoms with Crippen molar-refractivity contribution >= 4 is 17.7 Å². The summed E-state index contributed by atoms with van der Waals surface area (Å²) < 4.78 is 18.1. The molecule has 1 heterocycles. The van der Waals surface area contributed by atoms with E-state index in [0.717, 1.165) is 35.3 Å². The molecule has 3 N–H and O–H groups in total. The zero-order valence-corrected chi connectivity index (χ0v) is 26.5. The Morgan fingerprint density at radius 3 is 2.46 bits per heavy atom. The van der Waals surface area contributed by atoms with E-state index in [2.05, 4.69) is 22.1 Å². The summed E-state index contributed by atoms with van der Waals surface area (Å²) in [5, 5.41) is 15.2. The third kappa shape index (κ3) is 9.04. The molecule has 5 rings (SSSR count).